The summed E-state index contributed by atoms with van der Waals surface area (Å²) in [5.74, 6) is 1.64. The maximum atomic E-state index is 12.8. The van der Waals surface area contributed by atoms with E-state index in [1.807, 2.05) is 24.3 Å². The summed E-state index contributed by atoms with van der Waals surface area (Å²) in [5, 5.41) is 1.09. The molecule has 0 atom stereocenters. The molecule has 3 aromatic rings. The molecule has 0 bridgehead atoms. The van der Waals surface area contributed by atoms with Crippen LogP contribution in [-0.4, -0.2) is 51.0 Å². The molecule has 0 unspecified atom stereocenters. The van der Waals surface area contributed by atoms with E-state index in [1.165, 1.54) is 0 Å². The number of pyridine rings is 1. The van der Waals surface area contributed by atoms with Crippen LogP contribution in [0.25, 0.3) is 10.9 Å². The van der Waals surface area contributed by atoms with E-state index >= 15 is 0 Å². The van der Waals surface area contributed by atoms with Gasteiger partial charge in [-0.3, -0.25) is 0 Å². The van der Waals surface area contributed by atoms with Crippen molar-refractivity contribution < 1.29 is 13.2 Å². The zero-order valence-corrected chi connectivity index (χ0v) is 16.8. The number of hydrogen-bond donors (Lipinski definition) is 0. The summed E-state index contributed by atoms with van der Waals surface area (Å²) in [7, 11) is -1.81. The maximum absolute atomic E-state index is 12.8. The van der Waals surface area contributed by atoms with Gasteiger partial charge in [-0.1, -0.05) is 18.2 Å². The fraction of sp³-hybridized carbons (Fsp3) is 0.286. The van der Waals surface area contributed by atoms with Gasteiger partial charge in [0.15, 0.2) is 0 Å². The van der Waals surface area contributed by atoms with Gasteiger partial charge in [0.25, 0.3) is 0 Å². The van der Waals surface area contributed by atoms with Crippen LogP contribution in [0, 0.1) is 6.92 Å². The Kier molecular flexibility index (Phi) is 4.95. The van der Waals surface area contributed by atoms with E-state index in [2.05, 4.69) is 17.9 Å². The van der Waals surface area contributed by atoms with Crippen molar-refractivity contribution in [3.63, 3.8) is 0 Å². The molecule has 2 aromatic carbocycles. The molecular weight excluding hydrogens is 374 g/mol. The molecule has 6 nitrogen and oxygen atoms in total. The van der Waals surface area contributed by atoms with Crippen molar-refractivity contribution in [1.82, 2.24) is 9.29 Å². The first-order chi connectivity index (χ1) is 13.5. The van der Waals surface area contributed by atoms with Crippen LogP contribution < -0.4 is 9.64 Å². The molecule has 1 aliphatic rings. The molecule has 4 rings (SSSR count). The lowest BCUT2D eigenvalue weighted by Gasteiger charge is -2.35. The van der Waals surface area contributed by atoms with Gasteiger partial charge in [0.2, 0.25) is 10.0 Å². The van der Waals surface area contributed by atoms with E-state index < -0.39 is 10.0 Å². The fourth-order valence-electron chi connectivity index (χ4n) is 3.55. The first kappa shape index (κ1) is 18.7. The van der Waals surface area contributed by atoms with Crippen molar-refractivity contribution >= 4 is 26.7 Å². The first-order valence-corrected chi connectivity index (χ1v) is 10.7. The number of anilines is 1. The van der Waals surface area contributed by atoms with Crippen molar-refractivity contribution in [3.8, 4) is 5.75 Å². The van der Waals surface area contributed by atoms with Gasteiger partial charge in [-0.25, -0.2) is 13.4 Å². The predicted octanol–water partition coefficient (Wildman–Crippen LogP) is 3.06. The lowest BCUT2D eigenvalue weighted by Crippen LogP contribution is -2.48. The standard InChI is InChI=1S/C21H23N3O3S/c1-16-14-21(22-20-15-17(27-2)8-9-19(16)20)23-10-12-24(13-11-23)28(25,26)18-6-4-3-5-7-18/h3-9,14-15H,10-13H2,1-2H3. The quantitative estimate of drug-likeness (QED) is 0.677. The molecule has 1 aromatic heterocycles. The molecule has 0 spiro atoms. The molecule has 1 saturated heterocycles. The number of hydrogen-bond acceptors (Lipinski definition) is 5. The smallest absolute Gasteiger partial charge is 0.243 e. The molecule has 0 saturated carbocycles. The summed E-state index contributed by atoms with van der Waals surface area (Å²) in [5.41, 5.74) is 2.02. The van der Waals surface area contributed by atoms with Crippen molar-refractivity contribution in [3.05, 3.63) is 60.2 Å². The molecule has 0 N–H and O–H groups in total. The van der Waals surface area contributed by atoms with Crippen LogP contribution in [0.3, 0.4) is 0 Å². The van der Waals surface area contributed by atoms with E-state index in [4.69, 9.17) is 9.72 Å². The lowest BCUT2D eigenvalue weighted by molar-refractivity contribution is 0.384. The molecule has 0 aliphatic carbocycles. The van der Waals surface area contributed by atoms with Crippen LogP contribution in [0.5, 0.6) is 5.75 Å². The highest BCUT2D eigenvalue weighted by molar-refractivity contribution is 7.89. The minimum absolute atomic E-state index is 0.343. The Balaban J connectivity index is 1.55. The van der Waals surface area contributed by atoms with Crippen molar-refractivity contribution in [2.45, 2.75) is 11.8 Å². The van der Waals surface area contributed by atoms with Gasteiger partial charge >= 0.3 is 0 Å². The third-order valence-corrected chi connectivity index (χ3v) is 7.07. The Labute approximate surface area is 165 Å². The molecule has 7 heteroatoms. The highest BCUT2D eigenvalue weighted by Crippen LogP contribution is 2.27. The van der Waals surface area contributed by atoms with E-state index in [1.54, 1.807) is 35.7 Å². The summed E-state index contributed by atoms with van der Waals surface area (Å²) >= 11 is 0. The number of benzene rings is 2. The highest BCUT2D eigenvalue weighted by Gasteiger charge is 2.28. The largest absolute Gasteiger partial charge is 0.497 e. The summed E-state index contributed by atoms with van der Waals surface area (Å²) in [6, 6.07) is 16.6. The zero-order valence-electron chi connectivity index (χ0n) is 16.0. The molecule has 1 aliphatic heterocycles. The van der Waals surface area contributed by atoms with E-state index in [9.17, 15) is 8.42 Å². The lowest BCUT2D eigenvalue weighted by atomic mass is 10.1. The first-order valence-electron chi connectivity index (χ1n) is 9.24. The Bertz CT molecular complexity index is 1090. The number of piperazine rings is 1. The van der Waals surface area contributed by atoms with Gasteiger partial charge in [0.1, 0.15) is 11.6 Å². The molecular formula is C21H23N3O3S. The summed E-state index contributed by atoms with van der Waals surface area (Å²) in [6.45, 7) is 4.15. The van der Waals surface area contributed by atoms with Gasteiger partial charge in [0, 0.05) is 37.6 Å². The predicted molar refractivity (Wildman–Crippen MR) is 110 cm³/mol. The molecule has 146 valence electrons. The van der Waals surface area contributed by atoms with E-state index in [-0.39, 0.29) is 0 Å². The highest BCUT2D eigenvalue weighted by atomic mass is 32.2. The van der Waals surface area contributed by atoms with Crippen LogP contribution in [-0.2, 0) is 10.0 Å². The normalized spacial score (nSPS) is 15.7. The summed E-state index contributed by atoms with van der Waals surface area (Å²) in [6.07, 6.45) is 0. The third-order valence-electron chi connectivity index (χ3n) is 5.15. The Hall–Kier alpha value is -2.64. The summed E-state index contributed by atoms with van der Waals surface area (Å²) in [4.78, 5) is 7.28. The number of sulfonamides is 1. The third kappa shape index (κ3) is 3.43. The van der Waals surface area contributed by atoms with Gasteiger partial charge in [-0.05, 0) is 42.8 Å². The number of nitrogens with zero attached hydrogens (tertiary/aromatic N) is 3. The molecule has 28 heavy (non-hydrogen) atoms. The number of aryl methyl sites for hydroxylation is 1. The van der Waals surface area contributed by atoms with Crippen molar-refractivity contribution in [2.24, 2.45) is 0 Å². The molecule has 0 radical (unpaired) electrons. The van der Waals surface area contributed by atoms with Crippen molar-refractivity contribution in [2.75, 3.05) is 38.2 Å². The van der Waals surface area contributed by atoms with Gasteiger partial charge in [0.05, 0.1) is 17.5 Å². The average Bonchev–Trinajstić information content (AvgIpc) is 2.74. The number of fused-ring (bicyclic) bond motifs is 1. The van der Waals surface area contributed by atoms with Gasteiger partial charge in [-0.2, -0.15) is 4.31 Å². The SMILES string of the molecule is COc1ccc2c(C)cc(N3CCN(S(=O)(=O)c4ccccc4)CC3)nc2c1. The second-order valence-corrected chi connectivity index (χ2v) is 8.82. The number of ether oxygens (including phenoxy) is 1. The Morgan fingerprint density at radius 2 is 1.68 bits per heavy atom. The molecule has 0 amide bonds. The van der Waals surface area contributed by atoms with Gasteiger partial charge in [-0.15, -0.1) is 0 Å². The Morgan fingerprint density at radius 3 is 2.36 bits per heavy atom. The summed E-state index contributed by atoms with van der Waals surface area (Å²) < 4.78 is 32.5. The van der Waals surface area contributed by atoms with E-state index in [0.29, 0.717) is 31.1 Å². The second-order valence-electron chi connectivity index (χ2n) is 6.88. The van der Waals surface area contributed by atoms with Crippen LogP contribution in [0.4, 0.5) is 5.82 Å². The van der Waals surface area contributed by atoms with Crippen LogP contribution >= 0.6 is 0 Å². The number of aromatic nitrogens is 1. The van der Waals surface area contributed by atoms with Crippen LogP contribution in [0.1, 0.15) is 5.56 Å². The second kappa shape index (κ2) is 7.41. The topological polar surface area (TPSA) is 62.7 Å². The average molecular weight is 398 g/mol. The maximum Gasteiger partial charge on any atom is 0.243 e. The van der Waals surface area contributed by atoms with Gasteiger partial charge < -0.3 is 9.64 Å². The molecule has 2 heterocycles. The van der Waals surface area contributed by atoms with Crippen LogP contribution in [0.2, 0.25) is 0 Å². The van der Waals surface area contributed by atoms with Crippen molar-refractivity contribution in [1.29, 1.82) is 0 Å². The minimum Gasteiger partial charge on any atom is -0.497 e. The molecule has 1 fully saturated rings. The Morgan fingerprint density at radius 1 is 0.964 bits per heavy atom. The fourth-order valence-corrected chi connectivity index (χ4v) is 5.00. The van der Waals surface area contributed by atoms with Crippen LogP contribution in [0.15, 0.2) is 59.5 Å². The van der Waals surface area contributed by atoms with E-state index in [0.717, 1.165) is 28.0 Å². The minimum atomic E-state index is -3.45. The number of rotatable bonds is 4. The number of methoxy groups -OCH3 is 1. The zero-order chi connectivity index (χ0) is 19.7. The monoisotopic (exact) mass is 397 g/mol.